The molecular formula is C16H20N4O. The van der Waals surface area contributed by atoms with Crippen LogP contribution in [0, 0.1) is 20.8 Å². The molecule has 0 aliphatic carbocycles. The van der Waals surface area contributed by atoms with Crippen molar-refractivity contribution in [1.82, 2.24) is 19.9 Å². The van der Waals surface area contributed by atoms with Gasteiger partial charge in [-0.05, 0) is 39.8 Å². The first kappa shape index (κ1) is 13.8. The van der Waals surface area contributed by atoms with Gasteiger partial charge in [-0.1, -0.05) is 0 Å². The van der Waals surface area contributed by atoms with Gasteiger partial charge in [-0.3, -0.25) is 0 Å². The first-order valence-corrected chi connectivity index (χ1v) is 7.15. The van der Waals surface area contributed by atoms with Crippen LogP contribution in [0.2, 0.25) is 0 Å². The van der Waals surface area contributed by atoms with Gasteiger partial charge in [0.15, 0.2) is 5.65 Å². The van der Waals surface area contributed by atoms with Crippen molar-refractivity contribution in [3.05, 3.63) is 52.9 Å². The van der Waals surface area contributed by atoms with Crippen molar-refractivity contribution >= 4 is 5.65 Å². The third-order valence-electron chi connectivity index (χ3n) is 3.73. The van der Waals surface area contributed by atoms with Gasteiger partial charge in [0.2, 0.25) is 0 Å². The fourth-order valence-corrected chi connectivity index (χ4v) is 2.54. The fourth-order valence-electron chi connectivity index (χ4n) is 2.54. The standard InChI is InChI=1S/C16H20N4O/c1-10-7-16-18-9-15(13(4)20(16)19-10)12(3)17-8-14-6-5-11(2)21-14/h5-7,9,12,17H,8H2,1-4H3. The average molecular weight is 284 g/mol. The maximum atomic E-state index is 5.58. The number of nitrogens with zero attached hydrogens (tertiary/aromatic N) is 3. The molecule has 3 aromatic heterocycles. The number of fused-ring (bicyclic) bond motifs is 1. The summed E-state index contributed by atoms with van der Waals surface area (Å²) in [6, 6.07) is 6.14. The van der Waals surface area contributed by atoms with E-state index in [9.17, 15) is 0 Å². The second-order valence-corrected chi connectivity index (χ2v) is 5.47. The molecule has 0 spiro atoms. The van der Waals surface area contributed by atoms with Crippen LogP contribution in [0.4, 0.5) is 0 Å². The Morgan fingerprint density at radius 2 is 2.10 bits per heavy atom. The lowest BCUT2D eigenvalue weighted by Crippen LogP contribution is -2.20. The lowest BCUT2D eigenvalue weighted by atomic mass is 10.1. The first-order valence-electron chi connectivity index (χ1n) is 7.15. The van der Waals surface area contributed by atoms with Gasteiger partial charge in [0.25, 0.3) is 0 Å². The lowest BCUT2D eigenvalue weighted by molar-refractivity contribution is 0.443. The Balaban J connectivity index is 1.80. The van der Waals surface area contributed by atoms with E-state index in [4.69, 9.17) is 4.42 Å². The number of rotatable bonds is 4. The highest BCUT2D eigenvalue weighted by atomic mass is 16.3. The highest BCUT2D eigenvalue weighted by Crippen LogP contribution is 2.18. The van der Waals surface area contributed by atoms with Gasteiger partial charge in [-0.25, -0.2) is 9.50 Å². The Morgan fingerprint density at radius 1 is 1.29 bits per heavy atom. The van der Waals surface area contributed by atoms with Gasteiger partial charge >= 0.3 is 0 Å². The minimum Gasteiger partial charge on any atom is -0.465 e. The molecule has 110 valence electrons. The van der Waals surface area contributed by atoms with Crippen molar-refractivity contribution in [3.8, 4) is 0 Å². The molecule has 1 N–H and O–H groups in total. The van der Waals surface area contributed by atoms with Crippen LogP contribution in [-0.4, -0.2) is 14.6 Å². The monoisotopic (exact) mass is 284 g/mol. The van der Waals surface area contributed by atoms with Crippen LogP contribution in [0.1, 0.15) is 41.4 Å². The predicted octanol–water partition coefficient (Wildman–Crippen LogP) is 3.10. The number of aryl methyl sites for hydroxylation is 3. The second kappa shape index (κ2) is 5.33. The van der Waals surface area contributed by atoms with E-state index in [-0.39, 0.29) is 6.04 Å². The molecule has 1 atom stereocenters. The van der Waals surface area contributed by atoms with Gasteiger partial charge < -0.3 is 9.73 Å². The molecule has 0 aromatic carbocycles. The molecular weight excluding hydrogens is 264 g/mol. The number of hydrogen-bond donors (Lipinski definition) is 1. The van der Waals surface area contributed by atoms with Gasteiger partial charge in [-0.15, -0.1) is 0 Å². The van der Waals surface area contributed by atoms with Crippen LogP contribution < -0.4 is 5.32 Å². The number of hydrogen-bond acceptors (Lipinski definition) is 4. The first-order chi connectivity index (χ1) is 10.0. The summed E-state index contributed by atoms with van der Waals surface area (Å²) in [7, 11) is 0. The molecule has 0 bridgehead atoms. The fraction of sp³-hybridized carbons (Fsp3) is 0.375. The van der Waals surface area contributed by atoms with E-state index < -0.39 is 0 Å². The molecule has 0 saturated heterocycles. The van der Waals surface area contributed by atoms with E-state index in [2.05, 4.69) is 29.2 Å². The number of furan rings is 1. The van der Waals surface area contributed by atoms with E-state index in [1.807, 2.05) is 42.8 Å². The van der Waals surface area contributed by atoms with E-state index >= 15 is 0 Å². The Bertz CT molecular complexity index is 772. The van der Waals surface area contributed by atoms with Crippen molar-refractivity contribution in [2.24, 2.45) is 0 Å². The zero-order valence-electron chi connectivity index (χ0n) is 12.8. The summed E-state index contributed by atoms with van der Waals surface area (Å²) in [5.41, 5.74) is 4.13. The largest absolute Gasteiger partial charge is 0.465 e. The van der Waals surface area contributed by atoms with E-state index in [0.29, 0.717) is 6.54 Å². The van der Waals surface area contributed by atoms with E-state index in [0.717, 1.165) is 34.1 Å². The van der Waals surface area contributed by atoms with Crippen LogP contribution in [0.3, 0.4) is 0 Å². The van der Waals surface area contributed by atoms with Crippen LogP contribution in [0.15, 0.2) is 28.8 Å². The van der Waals surface area contributed by atoms with Crippen LogP contribution in [-0.2, 0) is 6.54 Å². The summed E-state index contributed by atoms with van der Waals surface area (Å²) in [5.74, 6) is 1.88. The van der Waals surface area contributed by atoms with E-state index in [1.165, 1.54) is 0 Å². The quantitative estimate of drug-likeness (QED) is 0.800. The molecule has 3 rings (SSSR count). The lowest BCUT2D eigenvalue weighted by Gasteiger charge is -2.16. The zero-order chi connectivity index (χ0) is 15.0. The summed E-state index contributed by atoms with van der Waals surface area (Å²) in [5, 5.41) is 7.95. The molecule has 5 nitrogen and oxygen atoms in total. The molecule has 0 aliphatic heterocycles. The van der Waals surface area contributed by atoms with Crippen molar-refractivity contribution in [2.75, 3.05) is 0 Å². The molecule has 3 aromatic rings. The summed E-state index contributed by atoms with van der Waals surface area (Å²) in [6.45, 7) is 8.84. The molecule has 5 heteroatoms. The van der Waals surface area contributed by atoms with Crippen molar-refractivity contribution < 1.29 is 4.42 Å². The molecule has 0 amide bonds. The van der Waals surface area contributed by atoms with Gasteiger partial charge in [-0.2, -0.15) is 5.10 Å². The van der Waals surface area contributed by atoms with E-state index in [1.54, 1.807) is 0 Å². The third kappa shape index (κ3) is 2.69. The molecule has 0 fully saturated rings. The number of aromatic nitrogens is 3. The molecule has 1 unspecified atom stereocenters. The predicted molar refractivity (Wildman–Crippen MR) is 81.2 cm³/mol. The molecule has 21 heavy (non-hydrogen) atoms. The van der Waals surface area contributed by atoms with Crippen molar-refractivity contribution in [1.29, 1.82) is 0 Å². The Hall–Kier alpha value is -2.14. The SMILES string of the molecule is Cc1cc2ncc(C(C)NCc3ccc(C)o3)c(C)n2n1. The van der Waals surface area contributed by atoms with Gasteiger partial charge in [0.05, 0.1) is 12.2 Å². The van der Waals surface area contributed by atoms with Crippen LogP contribution in [0.25, 0.3) is 5.65 Å². The Labute approximate surface area is 124 Å². The molecule has 0 radical (unpaired) electrons. The van der Waals surface area contributed by atoms with Crippen LogP contribution >= 0.6 is 0 Å². The summed E-state index contributed by atoms with van der Waals surface area (Å²) < 4.78 is 7.48. The summed E-state index contributed by atoms with van der Waals surface area (Å²) >= 11 is 0. The van der Waals surface area contributed by atoms with Crippen molar-refractivity contribution in [3.63, 3.8) is 0 Å². The topological polar surface area (TPSA) is 55.4 Å². The molecule has 3 heterocycles. The normalized spacial score (nSPS) is 13.0. The van der Waals surface area contributed by atoms with Gasteiger partial charge in [0, 0.05) is 29.6 Å². The summed E-state index contributed by atoms with van der Waals surface area (Å²) in [4.78, 5) is 4.48. The molecule has 0 aliphatic rings. The maximum Gasteiger partial charge on any atom is 0.155 e. The minimum absolute atomic E-state index is 0.178. The Morgan fingerprint density at radius 3 is 2.81 bits per heavy atom. The van der Waals surface area contributed by atoms with Crippen molar-refractivity contribution in [2.45, 2.75) is 40.3 Å². The highest BCUT2D eigenvalue weighted by molar-refractivity contribution is 5.42. The average Bonchev–Trinajstić information content (AvgIpc) is 3.02. The maximum absolute atomic E-state index is 5.58. The molecule has 0 saturated carbocycles. The van der Waals surface area contributed by atoms with Gasteiger partial charge in [0.1, 0.15) is 11.5 Å². The highest BCUT2D eigenvalue weighted by Gasteiger charge is 2.13. The minimum atomic E-state index is 0.178. The number of nitrogens with one attached hydrogen (secondary N) is 1. The summed E-state index contributed by atoms with van der Waals surface area (Å²) in [6.07, 6.45) is 1.93. The Kier molecular flexibility index (Phi) is 3.51. The zero-order valence-corrected chi connectivity index (χ0v) is 12.8. The second-order valence-electron chi connectivity index (χ2n) is 5.47. The smallest absolute Gasteiger partial charge is 0.155 e. The van der Waals surface area contributed by atoms with Crippen LogP contribution in [0.5, 0.6) is 0 Å². The third-order valence-corrected chi connectivity index (χ3v) is 3.73.